The monoisotopic (exact) mass is 219 g/mol. The van der Waals surface area contributed by atoms with E-state index in [4.69, 9.17) is 4.42 Å². The van der Waals surface area contributed by atoms with Crippen LogP contribution in [0.4, 0.5) is 10.1 Å². The van der Waals surface area contributed by atoms with Crippen LogP contribution in [0, 0.1) is 5.82 Å². The second-order valence-corrected chi connectivity index (χ2v) is 3.89. The van der Waals surface area contributed by atoms with Crippen LogP contribution in [-0.4, -0.2) is 26.2 Å². The molecule has 1 aliphatic heterocycles. The predicted molar refractivity (Wildman–Crippen MR) is 60.3 cm³/mol. The highest BCUT2D eigenvalue weighted by atomic mass is 19.1. The molecule has 83 valence electrons. The molecule has 4 heteroatoms. The van der Waals surface area contributed by atoms with Gasteiger partial charge in [-0.3, -0.25) is 0 Å². The summed E-state index contributed by atoms with van der Waals surface area (Å²) in [4.78, 5) is 2.13. The van der Waals surface area contributed by atoms with Crippen molar-refractivity contribution in [2.75, 3.05) is 31.1 Å². The molecule has 16 heavy (non-hydrogen) atoms. The van der Waals surface area contributed by atoms with Gasteiger partial charge in [0.05, 0.1) is 11.1 Å². The van der Waals surface area contributed by atoms with Crippen LogP contribution in [0.3, 0.4) is 0 Å². The Hall–Kier alpha value is -1.55. The summed E-state index contributed by atoms with van der Waals surface area (Å²) >= 11 is 0. The smallest absolute Gasteiger partial charge is 0.139 e. The summed E-state index contributed by atoms with van der Waals surface area (Å²) in [7, 11) is 0. The van der Waals surface area contributed by atoms with Gasteiger partial charge in [-0.05, 0) is 12.1 Å². The summed E-state index contributed by atoms with van der Waals surface area (Å²) < 4.78 is 19.1. The number of piperazine rings is 1. The van der Waals surface area contributed by atoms with Crippen LogP contribution in [0.25, 0.3) is 11.0 Å². The molecule has 0 saturated carbocycles. The largest absolute Gasteiger partial charge is 0.462 e. The van der Waals surface area contributed by atoms with E-state index in [1.807, 2.05) is 0 Å². The van der Waals surface area contributed by atoms with Crippen LogP contribution in [0.1, 0.15) is 0 Å². The van der Waals surface area contributed by atoms with Crippen LogP contribution in [0.15, 0.2) is 28.9 Å². The fraction of sp³-hybridized carbons (Fsp3) is 0.333. The summed E-state index contributed by atoms with van der Waals surface area (Å²) in [5, 5.41) is 4.86. The van der Waals surface area contributed by atoms with Crippen molar-refractivity contribution in [1.29, 1.82) is 0 Å². The van der Waals surface area contributed by atoms with Crippen molar-refractivity contribution in [2.24, 2.45) is 0 Å². The van der Waals surface area contributed by atoms with E-state index in [0.717, 1.165) is 31.9 Å². The molecule has 1 radical (unpaired) electrons. The van der Waals surface area contributed by atoms with Gasteiger partial charge in [0.25, 0.3) is 0 Å². The normalized spacial score (nSPS) is 16.9. The summed E-state index contributed by atoms with van der Waals surface area (Å²) in [6.07, 6.45) is 1.64. The first-order valence-corrected chi connectivity index (χ1v) is 5.40. The molecular weight excluding hydrogens is 207 g/mol. The lowest BCUT2D eigenvalue weighted by molar-refractivity contribution is 0.570. The van der Waals surface area contributed by atoms with Gasteiger partial charge in [0.2, 0.25) is 0 Å². The van der Waals surface area contributed by atoms with E-state index in [9.17, 15) is 4.39 Å². The first-order valence-electron chi connectivity index (χ1n) is 5.40. The fourth-order valence-corrected chi connectivity index (χ4v) is 2.11. The number of furan rings is 1. The van der Waals surface area contributed by atoms with Gasteiger partial charge in [0.15, 0.2) is 0 Å². The zero-order valence-corrected chi connectivity index (χ0v) is 8.82. The van der Waals surface area contributed by atoms with E-state index >= 15 is 0 Å². The number of fused-ring (bicyclic) bond motifs is 1. The Morgan fingerprint density at radius 3 is 2.88 bits per heavy atom. The summed E-state index contributed by atoms with van der Waals surface area (Å²) in [5.41, 5.74) is 1.46. The van der Waals surface area contributed by atoms with Crippen LogP contribution in [-0.2, 0) is 0 Å². The Morgan fingerprint density at radius 1 is 1.25 bits per heavy atom. The van der Waals surface area contributed by atoms with E-state index < -0.39 is 0 Å². The number of anilines is 1. The fourth-order valence-electron chi connectivity index (χ4n) is 2.11. The third-order valence-electron chi connectivity index (χ3n) is 2.93. The van der Waals surface area contributed by atoms with Gasteiger partial charge in [0.1, 0.15) is 17.7 Å². The summed E-state index contributed by atoms with van der Waals surface area (Å²) in [5.74, 6) is -0.219. The Morgan fingerprint density at radius 2 is 2.06 bits per heavy atom. The molecule has 1 aliphatic rings. The van der Waals surface area contributed by atoms with Crippen LogP contribution < -0.4 is 10.2 Å². The standard InChI is InChI=1S/C12H12FN2O/c13-9-2-1-3-11-12(9)10(8-16-11)15-6-4-14-5-7-15/h1-3,8H,4-7H2. The van der Waals surface area contributed by atoms with E-state index in [2.05, 4.69) is 10.2 Å². The number of rotatable bonds is 1. The van der Waals surface area contributed by atoms with Crippen molar-refractivity contribution in [1.82, 2.24) is 5.32 Å². The van der Waals surface area contributed by atoms with Crippen molar-refractivity contribution < 1.29 is 8.81 Å². The van der Waals surface area contributed by atoms with Gasteiger partial charge in [-0.15, -0.1) is 0 Å². The molecule has 1 saturated heterocycles. The van der Waals surface area contributed by atoms with Gasteiger partial charge in [-0.2, -0.15) is 0 Å². The zero-order valence-electron chi connectivity index (χ0n) is 8.82. The Labute approximate surface area is 92.8 Å². The average Bonchev–Trinajstić information content (AvgIpc) is 2.75. The molecule has 1 aromatic carbocycles. The van der Waals surface area contributed by atoms with Crippen molar-refractivity contribution in [2.45, 2.75) is 0 Å². The van der Waals surface area contributed by atoms with Crippen LogP contribution >= 0.6 is 0 Å². The molecular formula is C12H12FN2O. The number of halogens is 1. The number of hydrogen-bond acceptors (Lipinski definition) is 2. The first kappa shape index (κ1) is 9.66. The number of nitrogens with zero attached hydrogens (tertiary/aromatic N) is 2. The van der Waals surface area contributed by atoms with Crippen molar-refractivity contribution in [3.8, 4) is 0 Å². The van der Waals surface area contributed by atoms with E-state index in [0.29, 0.717) is 11.0 Å². The van der Waals surface area contributed by atoms with Gasteiger partial charge < -0.3 is 9.32 Å². The second-order valence-electron chi connectivity index (χ2n) is 3.89. The molecule has 0 aliphatic carbocycles. The molecule has 0 amide bonds. The Bertz CT molecular complexity index is 503. The van der Waals surface area contributed by atoms with E-state index in [1.54, 1.807) is 18.4 Å². The molecule has 2 aromatic rings. The third-order valence-corrected chi connectivity index (χ3v) is 2.93. The molecule has 0 bridgehead atoms. The van der Waals surface area contributed by atoms with Crippen molar-refractivity contribution in [3.63, 3.8) is 0 Å². The number of benzene rings is 1. The van der Waals surface area contributed by atoms with E-state index in [1.165, 1.54) is 6.07 Å². The number of hydrogen-bond donors (Lipinski definition) is 0. The van der Waals surface area contributed by atoms with Crippen molar-refractivity contribution in [3.05, 3.63) is 30.3 Å². The molecule has 0 unspecified atom stereocenters. The molecule has 3 rings (SSSR count). The predicted octanol–water partition coefficient (Wildman–Crippen LogP) is 2.00. The topological polar surface area (TPSA) is 30.5 Å². The second kappa shape index (κ2) is 3.79. The Kier molecular flexibility index (Phi) is 2.29. The molecule has 2 heterocycles. The van der Waals surface area contributed by atoms with Crippen LogP contribution in [0.2, 0.25) is 0 Å². The minimum Gasteiger partial charge on any atom is -0.462 e. The summed E-state index contributed by atoms with van der Waals surface area (Å²) in [6.45, 7) is 3.29. The maximum absolute atomic E-state index is 13.7. The molecule has 0 N–H and O–H groups in total. The highest BCUT2D eigenvalue weighted by Gasteiger charge is 2.18. The zero-order chi connectivity index (χ0) is 11.0. The van der Waals surface area contributed by atoms with Gasteiger partial charge in [-0.25, -0.2) is 9.71 Å². The highest BCUT2D eigenvalue weighted by Crippen LogP contribution is 2.31. The molecule has 1 aromatic heterocycles. The first-order chi connectivity index (χ1) is 7.86. The van der Waals surface area contributed by atoms with Crippen LogP contribution in [0.5, 0.6) is 0 Å². The maximum Gasteiger partial charge on any atom is 0.139 e. The maximum atomic E-state index is 13.7. The average molecular weight is 219 g/mol. The third kappa shape index (κ3) is 1.46. The summed E-state index contributed by atoms with van der Waals surface area (Å²) in [6, 6.07) is 4.92. The molecule has 1 fully saturated rings. The lowest BCUT2D eigenvalue weighted by Crippen LogP contribution is -2.40. The molecule has 0 spiro atoms. The molecule has 0 atom stereocenters. The van der Waals surface area contributed by atoms with Crippen molar-refractivity contribution >= 4 is 16.7 Å². The van der Waals surface area contributed by atoms with Gasteiger partial charge in [-0.1, -0.05) is 6.07 Å². The SMILES string of the molecule is Fc1cccc2occ(N3CC[N]CC3)c12. The van der Waals surface area contributed by atoms with Gasteiger partial charge >= 0.3 is 0 Å². The minimum atomic E-state index is -0.219. The quantitative estimate of drug-likeness (QED) is 0.734. The lowest BCUT2D eigenvalue weighted by Gasteiger charge is -2.27. The minimum absolute atomic E-state index is 0.219. The Balaban J connectivity index is 2.09. The van der Waals surface area contributed by atoms with E-state index in [-0.39, 0.29) is 5.82 Å². The van der Waals surface area contributed by atoms with Gasteiger partial charge in [0, 0.05) is 26.2 Å². The lowest BCUT2D eigenvalue weighted by atomic mass is 10.2. The molecule has 3 nitrogen and oxygen atoms in total. The highest BCUT2D eigenvalue weighted by molar-refractivity contribution is 5.91.